The third-order valence-corrected chi connectivity index (χ3v) is 3.44. The molecule has 17 heavy (non-hydrogen) atoms. The minimum Gasteiger partial charge on any atom is -0.382 e. The number of nitrogens with one attached hydrogen (secondary N) is 1. The Labute approximate surface area is 103 Å². The molecule has 4 N–H and O–H groups in total. The van der Waals surface area contributed by atoms with Crippen molar-refractivity contribution in [3.63, 3.8) is 0 Å². The number of halogens is 1. The minimum absolute atomic E-state index is 0.126. The van der Waals surface area contributed by atoms with E-state index in [1.807, 2.05) is 4.72 Å². The fourth-order valence-electron chi connectivity index (χ4n) is 0.894. The second-order valence-corrected chi connectivity index (χ2v) is 5.24. The van der Waals surface area contributed by atoms with Crippen molar-refractivity contribution in [1.82, 2.24) is 9.71 Å². The average Bonchev–Trinajstić information content (AvgIpc) is 2.26. The first-order valence-corrected chi connectivity index (χ1v) is 6.27. The number of hydrogen-bond donors (Lipinski definition) is 3. The Morgan fingerprint density at radius 1 is 1.59 bits per heavy atom. The molecule has 0 saturated carbocycles. The van der Waals surface area contributed by atoms with E-state index >= 15 is 0 Å². The number of nitrogens with two attached hydrogens (primary N) is 1. The number of nitrogens with zero attached hydrogens (tertiary/aromatic N) is 1. The van der Waals surface area contributed by atoms with Crippen molar-refractivity contribution in [2.24, 2.45) is 5.73 Å². The van der Waals surface area contributed by atoms with E-state index in [0.29, 0.717) is 0 Å². The van der Waals surface area contributed by atoms with Crippen LogP contribution in [0.4, 0.5) is 0 Å². The number of aliphatic hydroxyl groups excluding tert-OH is 1. The molecule has 0 aliphatic heterocycles. The predicted molar refractivity (Wildman–Crippen MR) is 59.6 cm³/mol. The quantitative estimate of drug-likeness (QED) is 0.588. The molecule has 1 atom stereocenters. The first kappa shape index (κ1) is 13.8. The van der Waals surface area contributed by atoms with Crippen molar-refractivity contribution in [2.45, 2.75) is 11.0 Å². The fraction of sp³-hybridized carbons (Fsp3) is 0.250. The molecule has 0 spiro atoms. The SMILES string of the molecule is NC(=O)C(O)CNS(=O)(=O)c1ccc(Cl)nc1. The van der Waals surface area contributed by atoms with E-state index in [-0.39, 0.29) is 10.0 Å². The third-order valence-electron chi connectivity index (χ3n) is 1.81. The van der Waals surface area contributed by atoms with Crippen molar-refractivity contribution >= 4 is 27.5 Å². The van der Waals surface area contributed by atoms with Gasteiger partial charge < -0.3 is 10.8 Å². The van der Waals surface area contributed by atoms with Crippen LogP contribution in [0.1, 0.15) is 0 Å². The molecule has 1 rings (SSSR count). The Kier molecular flexibility index (Phi) is 4.40. The maximum atomic E-state index is 11.6. The number of carbonyl (C=O) groups excluding carboxylic acids is 1. The molecular formula is C8H10ClN3O4S. The molecule has 0 bridgehead atoms. The van der Waals surface area contributed by atoms with Gasteiger partial charge in [0.1, 0.15) is 16.2 Å². The van der Waals surface area contributed by atoms with Gasteiger partial charge >= 0.3 is 0 Å². The zero-order valence-corrected chi connectivity index (χ0v) is 10.1. The van der Waals surface area contributed by atoms with Crippen LogP contribution in [0.5, 0.6) is 0 Å². The van der Waals surface area contributed by atoms with Gasteiger partial charge in [-0.2, -0.15) is 0 Å². The summed E-state index contributed by atoms with van der Waals surface area (Å²) in [7, 11) is -3.84. The van der Waals surface area contributed by atoms with E-state index in [1.165, 1.54) is 12.1 Å². The Hall–Kier alpha value is -1.22. The standard InChI is InChI=1S/C8H10ClN3O4S/c9-7-2-1-5(3-11-7)17(15,16)12-4-6(13)8(10)14/h1-3,6,12-13H,4H2,(H2,10,14). The summed E-state index contributed by atoms with van der Waals surface area (Å²) in [6.07, 6.45) is -0.522. The second kappa shape index (κ2) is 5.41. The normalized spacial score (nSPS) is 13.3. The Morgan fingerprint density at radius 3 is 2.71 bits per heavy atom. The first-order valence-electron chi connectivity index (χ1n) is 4.41. The maximum Gasteiger partial charge on any atom is 0.247 e. The smallest absolute Gasteiger partial charge is 0.247 e. The highest BCUT2D eigenvalue weighted by atomic mass is 35.5. The van der Waals surface area contributed by atoms with Crippen LogP contribution in [-0.2, 0) is 14.8 Å². The highest BCUT2D eigenvalue weighted by molar-refractivity contribution is 7.89. The maximum absolute atomic E-state index is 11.6. The molecule has 1 amide bonds. The number of hydrogen-bond acceptors (Lipinski definition) is 5. The van der Waals surface area contributed by atoms with E-state index in [1.54, 1.807) is 0 Å². The summed E-state index contributed by atoms with van der Waals surface area (Å²) in [6, 6.07) is 2.55. The molecule has 1 heterocycles. The number of pyridine rings is 1. The molecule has 1 aromatic rings. The van der Waals surface area contributed by atoms with Gasteiger partial charge in [-0.05, 0) is 12.1 Å². The van der Waals surface area contributed by atoms with Crippen LogP contribution in [0.25, 0.3) is 0 Å². The van der Waals surface area contributed by atoms with Crippen molar-refractivity contribution in [1.29, 1.82) is 0 Å². The zero-order chi connectivity index (χ0) is 13.1. The van der Waals surface area contributed by atoms with Crippen molar-refractivity contribution < 1.29 is 18.3 Å². The van der Waals surface area contributed by atoms with E-state index in [4.69, 9.17) is 22.4 Å². The number of carbonyl (C=O) groups is 1. The first-order chi connectivity index (χ1) is 7.83. The molecule has 0 aliphatic rings. The van der Waals surface area contributed by atoms with Gasteiger partial charge in [0.25, 0.3) is 0 Å². The number of sulfonamides is 1. The number of amides is 1. The number of aliphatic hydroxyl groups is 1. The lowest BCUT2D eigenvalue weighted by atomic mass is 10.3. The van der Waals surface area contributed by atoms with Gasteiger partial charge in [-0.3, -0.25) is 4.79 Å². The van der Waals surface area contributed by atoms with Gasteiger partial charge in [0.2, 0.25) is 15.9 Å². The van der Waals surface area contributed by atoms with Crippen LogP contribution < -0.4 is 10.5 Å². The largest absolute Gasteiger partial charge is 0.382 e. The van der Waals surface area contributed by atoms with Gasteiger partial charge in [-0.15, -0.1) is 0 Å². The summed E-state index contributed by atoms with van der Waals surface area (Å²) in [5.41, 5.74) is 4.77. The molecule has 0 aromatic carbocycles. The highest BCUT2D eigenvalue weighted by Crippen LogP contribution is 2.10. The highest BCUT2D eigenvalue weighted by Gasteiger charge is 2.18. The van der Waals surface area contributed by atoms with E-state index in [2.05, 4.69) is 4.98 Å². The van der Waals surface area contributed by atoms with Gasteiger partial charge in [0.15, 0.2) is 0 Å². The molecule has 1 unspecified atom stereocenters. The second-order valence-electron chi connectivity index (χ2n) is 3.09. The van der Waals surface area contributed by atoms with Gasteiger partial charge in [0, 0.05) is 12.7 Å². The van der Waals surface area contributed by atoms with E-state index < -0.39 is 28.6 Å². The minimum atomic E-state index is -3.84. The number of primary amides is 1. The van der Waals surface area contributed by atoms with E-state index in [9.17, 15) is 13.2 Å². The lowest BCUT2D eigenvalue weighted by Gasteiger charge is -2.08. The Bertz CT molecular complexity index is 502. The van der Waals surface area contributed by atoms with Gasteiger partial charge in [-0.25, -0.2) is 18.1 Å². The lowest BCUT2D eigenvalue weighted by molar-refractivity contribution is -0.125. The van der Waals surface area contributed by atoms with Crippen LogP contribution in [0.3, 0.4) is 0 Å². The van der Waals surface area contributed by atoms with Crippen LogP contribution >= 0.6 is 11.6 Å². The predicted octanol–water partition coefficient (Wildman–Crippen LogP) is -1.14. The third kappa shape index (κ3) is 3.93. The van der Waals surface area contributed by atoms with Crippen LogP contribution in [-0.4, -0.2) is 37.1 Å². The monoisotopic (exact) mass is 279 g/mol. The summed E-state index contributed by atoms with van der Waals surface area (Å²) >= 11 is 5.50. The summed E-state index contributed by atoms with van der Waals surface area (Å²) in [5, 5.41) is 9.20. The van der Waals surface area contributed by atoms with Crippen LogP contribution in [0.2, 0.25) is 5.15 Å². The Morgan fingerprint density at radius 2 is 2.24 bits per heavy atom. The number of rotatable bonds is 5. The topological polar surface area (TPSA) is 122 Å². The van der Waals surface area contributed by atoms with Crippen molar-refractivity contribution in [3.8, 4) is 0 Å². The number of aromatic nitrogens is 1. The molecule has 9 heteroatoms. The molecule has 94 valence electrons. The summed E-state index contributed by atoms with van der Waals surface area (Å²) in [5.74, 6) is -1.01. The molecule has 0 radical (unpaired) electrons. The Balaban J connectivity index is 2.76. The molecule has 0 aliphatic carbocycles. The molecule has 7 nitrogen and oxygen atoms in total. The molecule has 1 aromatic heterocycles. The van der Waals surface area contributed by atoms with Crippen molar-refractivity contribution in [2.75, 3.05) is 6.54 Å². The zero-order valence-electron chi connectivity index (χ0n) is 8.50. The summed E-state index contributed by atoms with van der Waals surface area (Å²) in [4.78, 5) is 14.0. The summed E-state index contributed by atoms with van der Waals surface area (Å²) in [6.45, 7) is -0.500. The molecule has 0 saturated heterocycles. The van der Waals surface area contributed by atoms with Crippen LogP contribution in [0.15, 0.2) is 23.2 Å². The fourth-order valence-corrected chi connectivity index (χ4v) is 1.99. The average molecular weight is 280 g/mol. The van der Waals surface area contributed by atoms with Crippen molar-refractivity contribution in [3.05, 3.63) is 23.5 Å². The van der Waals surface area contributed by atoms with Crippen LogP contribution in [0, 0.1) is 0 Å². The van der Waals surface area contributed by atoms with Gasteiger partial charge in [-0.1, -0.05) is 11.6 Å². The molecule has 0 fully saturated rings. The van der Waals surface area contributed by atoms with Gasteiger partial charge in [0.05, 0.1) is 0 Å². The molecular weight excluding hydrogens is 270 g/mol. The lowest BCUT2D eigenvalue weighted by Crippen LogP contribution is -2.39. The summed E-state index contributed by atoms with van der Waals surface area (Å²) < 4.78 is 25.2. The van der Waals surface area contributed by atoms with E-state index in [0.717, 1.165) is 6.20 Å².